The average Bonchev–Trinajstić information content (AvgIpc) is 2.15. The third kappa shape index (κ3) is 2.47. The molecule has 0 spiro atoms. The van der Waals surface area contributed by atoms with E-state index in [1.807, 2.05) is 6.08 Å². The molecule has 0 radical (unpaired) electrons. The molecule has 0 fully saturated rings. The monoisotopic (exact) mass is 168 g/mol. The standard InChI is InChI=1S/C10H16O2/c1-3-9-6-4-5-7-10(9)12-8-11-2/h3,6,10H,1,4-5,7-8H2,2H3/t10-/m1/s1. The van der Waals surface area contributed by atoms with Crippen molar-refractivity contribution in [2.75, 3.05) is 13.9 Å². The van der Waals surface area contributed by atoms with E-state index in [0.29, 0.717) is 6.79 Å². The second kappa shape index (κ2) is 5.12. The van der Waals surface area contributed by atoms with E-state index in [4.69, 9.17) is 9.47 Å². The summed E-state index contributed by atoms with van der Waals surface area (Å²) < 4.78 is 10.3. The first-order valence-electron chi connectivity index (χ1n) is 4.31. The molecule has 1 aliphatic rings. The molecule has 0 aromatic carbocycles. The highest BCUT2D eigenvalue weighted by molar-refractivity contribution is 5.22. The van der Waals surface area contributed by atoms with Crippen LogP contribution in [0.15, 0.2) is 24.3 Å². The molecule has 1 rings (SSSR count). The lowest BCUT2D eigenvalue weighted by Gasteiger charge is -2.21. The third-order valence-electron chi connectivity index (χ3n) is 2.05. The average molecular weight is 168 g/mol. The van der Waals surface area contributed by atoms with Crippen molar-refractivity contribution in [2.24, 2.45) is 0 Å². The Morgan fingerprint density at radius 1 is 1.75 bits per heavy atom. The highest BCUT2D eigenvalue weighted by Crippen LogP contribution is 2.21. The zero-order valence-corrected chi connectivity index (χ0v) is 7.58. The summed E-state index contributed by atoms with van der Waals surface area (Å²) in [6.07, 6.45) is 7.70. The Morgan fingerprint density at radius 2 is 2.58 bits per heavy atom. The van der Waals surface area contributed by atoms with Gasteiger partial charge in [-0.05, 0) is 24.8 Å². The van der Waals surface area contributed by atoms with Crippen LogP contribution in [0.4, 0.5) is 0 Å². The minimum absolute atomic E-state index is 0.205. The summed E-state index contributed by atoms with van der Waals surface area (Å²) in [7, 11) is 1.64. The van der Waals surface area contributed by atoms with Gasteiger partial charge in [0.1, 0.15) is 6.79 Å². The zero-order valence-electron chi connectivity index (χ0n) is 7.58. The van der Waals surface area contributed by atoms with Crippen LogP contribution in [0.2, 0.25) is 0 Å². The molecule has 0 bridgehead atoms. The first-order valence-corrected chi connectivity index (χ1v) is 4.31. The molecule has 0 heterocycles. The second-order valence-electron chi connectivity index (χ2n) is 2.90. The quantitative estimate of drug-likeness (QED) is 0.599. The zero-order chi connectivity index (χ0) is 8.81. The fraction of sp³-hybridized carbons (Fsp3) is 0.600. The first kappa shape index (κ1) is 9.49. The van der Waals surface area contributed by atoms with Crippen molar-refractivity contribution >= 4 is 0 Å². The molecule has 0 amide bonds. The van der Waals surface area contributed by atoms with Gasteiger partial charge in [0.05, 0.1) is 6.10 Å². The first-order chi connectivity index (χ1) is 5.88. The minimum Gasteiger partial charge on any atom is -0.359 e. The lowest BCUT2D eigenvalue weighted by Crippen LogP contribution is -2.18. The summed E-state index contributed by atoms with van der Waals surface area (Å²) in [5, 5.41) is 0. The summed E-state index contributed by atoms with van der Waals surface area (Å²) in [6, 6.07) is 0. The Balaban J connectivity index is 2.44. The van der Waals surface area contributed by atoms with Crippen LogP contribution in [-0.4, -0.2) is 20.0 Å². The van der Waals surface area contributed by atoms with Crippen molar-refractivity contribution in [1.29, 1.82) is 0 Å². The number of methoxy groups -OCH3 is 1. The molecule has 2 heteroatoms. The highest BCUT2D eigenvalue weighted by atomic mass is 16.7. The minimum atomic E-state index is 0.205. The van der Waals surface area contributed by atoms with E-state index in [2.05, 4.69) is 12.7 Å². The van der Waals surface area contributed by atoms with Gasteiger partial charge < -0.3 is 9.47 Å². The maximum Gasteiger partial charge on any atom is 0.147 e. The van der Waals surface area contributed by atoms with Crippen molar-refractivity contribution in [3.8, 4) is 0 Å². The van der Waals surface area contributed by atoms with Crippen LogP contribution in [-0.2, 0) is 9.47 Å². The Labute approximate surface area is 73.9 Å². The van der Waals surface area contributed by atoms with Crippen LogP contribution in [0.5, 0.6) is 0 Å². The van der Waals surface area contributed by atoms with Crippen LogP contribution < -0.4 is 0 Å². The molecular weight excluding hydrogens is 152 g/mol. The van der Waals surface area contributed by atoms with E-state index >= 15 is 0 Å². The number of allylic oxidation sites excluding steroid dienone is 1. The fourth-order valence-corrected chi connectivity index (χ4v) is 1.41. The van der Waals surface area contributed by atoms with E-state index in [9.17, 15) is 0 Å². The third-order valence-corrected chi connectivity index (χ3v) is 2.05. The molecule has 0 aromatic heterocycles. The largest absolute Gasteiger partial charge is 0.359 e. The Kier molecular flexibility index (Phi) is 4.05. The van der Waals surface area contributed by atoms with Crippen molar-refractivity contribution in [1.82, 2.24) is 0 Å². The van der Waals surface area contributed by atoms with Crippen molar-refractivity contribution < 1.29 is 9.47 Å². The van der Waals surface area contributed by atoms with Gasteiger partial charge in [-0.2, -0.15) is 0 Å². The van der Waals surface area contributed by atoms with Gasteiger partial charge in [0.2, 0.25) is 0 Å². The molecule has 0 unspecified atom stereocenters. The Bertz CT molecular complexity index is 173. The number of ether oxygens (including phenoxy) is 2. The van der Waals surface area contributed by atoms with Crippen LogP contribution in [0, 0.1) is 0 Å². The number of rotatable bonds is 4. The van der Waals surface area contributed by atoms with E-state index < -0.39 is 0 Å². The van der Waals surface area contributed by atoms with Gasteiger partial charge in [-0.3, -0.25) is 0 Å². The van der Waals surface area contributed by atoms with Gasteiger partial charge in [0, 0.05) is 7.11 Å². The predicted octanol–water partition coefficient (Wildman–Crippen LogP) is 2.27. The Morgan fingerprint density at radius 3 is 3.25 bits per heavy atom. The Hall–Kier alpha value is -0.600. The maximum absolute atomic E-state index is 5.47. The number of hydrogen-bond acceptors (Lipinski definition) is 2. The van der Waals surface area contributed by atoms with Gasteiger partial charge in [-0.1, -0.05) is 18.7 Å². The molecule has 0 aromatic rings. The summed E-state index contributed by atoms with van der Waals surface area (Å²) in [4.78, 5) is 0. The molecule has 1 atom stereocenters. The second-order valence-corrected chi connectivity index (χ2v) is 2.90. The van der Waals surface area contributed by atoms with Crippen molar-refractivity contribution in [3.63, 3.8) is 0 Å². The van der Waals surface area contributed by atoms with Crippen LogP contribution >= 0.6 is 0 Å². The lowest BCUT2D eigenvalue weighted by molar-refractivity contribution is -0.0618. The molecule has 12 heavy (non-hydrogen) atoms. The molecule has 0 N–H and O–H groups in total. The smallest absolute Gasteiger partial charge is 0.147 e. The fourth-order valence-electron chi connectivity index (χ4n) is 1.41. The molecule has 1 aliphatic carbocycles. The predicted molar refractivity (Wildman–Crippen MR) is 48.9 cm³/mol. The van der Waals surface area contributed by atoms with Gasteiger partial charge in [0.15, 0.2) is 0 Å². The van der Waals surface area contributed by atoms with E-state index in [-0.39, 0.29) is 6.10 Å². The van der Waals surface area contributed by atoms with Crippen molar-refractivity contribution in [3.05, 3.63) is 24.3 Å². The number of hydrogen-bond donors (Lipinski definition) is 0. The SMILES string of the molecule is C=CC1=CCCC[C@H]1OCOC. The summed E-state index contributed by atoms with van der Waals surface area (Å²) in [6.45, 7) is 4.12. The van der Waals surface area contributed by atoms with Gasteiger partial charge in [0.25, 0.3) is 0 Å². The van der Waals surface area contributed by atoms with E-state index in [1.54, 1.807) is 7.11 Å². The molecule has 0 saturated heterocycles. The molecule has 68 valence electrons. The molecule has 2 nitrogen and oxygen atoms in total. The van der Waals surface area contributed by atoms with E-state index in [0.717, 1.165) is 12.8 Å². The van der Waals surface area contributed by atoms with Gasteiger partial charge >= 0.3 is 0 Å². The highest BCUT2D eigenvalue weighted by Gasteiger charge is 2.15. The van der Waals surface area contributed by atoms with Crippen LogP contribution in [0.25, 0.3) is 0 Å². The van der Waals surface area contributed by atoms with Gasteiger partial charge in [-0.15, -0.1) is 0 Å². The van der Waals surface area contributed by atoms with Crippen LogP contribution in [0.3, 0.4) is 0 Å². The van der Waals surface area contributed by atoms with Crippen molar-refractivity contribution in [2.45, 2.75) is 25.4 Å². The molecule has 0 saturated carbocycles. The topological polar surface area (TPSA) is 18.5 Å². The maximum atomic E-state index is 5.47. The van der Waals surface area contributed by atoms with Crippen LogP contribution in [0.1, 0.15) is 19.3 Å². The molecular formula is C10H16O2. The summed E-state index contributed by atoms with van der Waals surface area (Å²) in [5.74, 6) is 0. The summed E-state index contributed by atoms with van der Waals surface area (Å²) >= 11 is 0. The summed E-state index contributed by atoms with van der Waals surface area (Å²) in [5.41, 5.74) is 1.21. The normalized spacial score (nSPS) is 23.4. The molecule has 0 aliphatic heterocycles. The lowest BCUT2D eigenvalue weighted by atomic mass is 9.96. The van der Waals surface area contributed by atoms with Gasteiger partial charge in [-0.25, -0.2) is 0 Å². The van der Waals surface area contributed by atoms with E-state index in [1.165, 1.54) is 12.0 Å².